The Morgan fingerprint density at radius 3 is 2.58 bits per heavy atom. The Kier molecular flexibility index (Phi) is 6.89. The molecular formula is C23H26Cl2N4OS. The molecule has 2 aromatic heterocycles. The van der Waals surface area contributed by atoms with Crippen molar-refractivity contribution in [3.8, 4) is 0 Å². The van der Waals surface area contributed by atoms with E-state index in [0.29, 0.717) is 32.7 Å². The Balaban J connectivity index is 1.32. The van der Waals surface area contributed by atoms with Gasteiger partial charge in [0.15, 0.2) is 0 Å². The van der Waals surface area contributed by atoms with Crippen LogP contribution in [0.1, 0.15) is 36.0 Å². The molecule has 0 bridgehead atoms. The molecule has 1 aromatic carbocycles. The van der Waals surface area contributed by atoms with Crippen LogP contribution in [0.15, 0.2) is 36.4 Å². The van der Waals surface area contributed by atoms with Gasteiger partial charge in [0.1, 0.15) is 10.2 Å². The lowest BCUT2D eigenvalue weighted by molar-refractivity contribution is 0.0944. The fourth-order valence-corrected chi connectivity index (χ4v) is 5.61. The summed E-state index contributed by atoms with van der Waals surface area (Å²) in [6, 6.07) is 12.4. The first-order chi connectivity index (χ1) is 14.9. The molecule has 4 rings (SSSR count). The second kappa shape index (κ2) is 9.63. The lowest BCUT2D eigenvalue weighted by Crippen LogP contribution is -2.34. The second-order valence-electron chi connectivity index (χ2n) is 8.25. The highest BCUT2D eigenvalue weighted by molar-refractivity contribution is 7.20. The number of benzene rings is 1. The van der Waals surface area contributed by atoms with E-state index in [2.05, 4.69) is 47.8 Å². The van der Waals surface area contributed by atoms with Gasteiger partial charge in [-0.25, -0.2) is 4.98 Å². The van der Waals surface area contributed by atoms with Gasteiger partial charge in [0, 0.05) is 43.8 Å². The molecule has 1 aliphatic carbocycles. The highest BCUT2D eigenvalue weighted by Crippen LogP contribution is 2.32. The van der Waals surface area contributed by atoms with Crippen molar-refractivity contribution < 1.29 is 4.79 Å². The summed E-state index contributed by atoms with van der Waals surface area (Å²) in [6.45, 7) is 0.661. The molecule has 0 unspecified atom stereocenters. The second-order valence-corrected chi connectivity index (χ2v) is 10.5. The number of hydrogen-bond acceptors (Lipinski definition) is 5. The zero-order valence-corrected chi connectivity index (χ0v) is 19.9. The molecule has 1 amide bonds. The number of rotatable bonds is 6. The Morgan fingerprint density at radius 2 is 1.90 bits per heavy atom. The number of aromatic nitrogens is 1. The topological polar surface area (TPSA) is 57.3 Å². The molecule has 2 heterocycles. The maximum atomic E-state index is 12.3. The molecule has 0 atom stereocenters. The number of thiophene rings is 1. The number of anilines is 2. The van der Waals surface area contributed by atoms with Crippen molar-refractivity contribution in [1.29, 1.82) is 0 Å². The number of amides is 1. The SMILES string of the molecule is CN(C)c1cc(NC2CCC(CNC(=O)c3cc(Cl)sc3Cl)CC2)nc2ccccc12. The van der Waals surface area contributed by atoms with Crippen molar-refractivity contribution in [2.45, 2.75) is 31.7 Å². The summed E-state index contributed by atoms with van der Waals surface area (Å²) in [4.78, 5) is 19.3. The molecule has 31 heavy (non-hydrogen) atoms. The van der Waals surface area contributed by atoms with E-state index in [1.54, 1.807) is 6.07 Å². The van der Waals surface area contributed by atoms with E-state index in [-0.39, 0.29) is 5.91 Å². The molecule has 0 spiro atoms. The number of fused-ring (bicyclic) bond motifs is 1. The van der Waals surface area contributed by atoms with Gasteiger partial charge in [-0.05, 0) is 43.7 Å². The van der Waals surface area contributed by atoms with E-state index in [9.17, 15) is 4.79 Å². The van der Waals surface area contributed by atoms with E-state index < -0.39 is 0 Å². The first-order valence-electron chi connectivity index (χ1n) is 10.5. The Morgan fingerprint density at radius 1 is 1.16 bits per heavy atom. The zero-order valence-electron chi connectivity index (χ0n) is 17.6. The number of hydrogen-bond donors (Lipinski definition) is 2. The summed E-state index contributed by atoms with van der Waals surface area (Å²) in [5.41, 5.74) is 2.63. The zero-order chi connectivity index (χ0) is 22.0. The third-order valence-corrected chi connectivity index (χ3v) is 7.32. The van der Waals surface area contributed by atoms with Crippen LogP contribution >= 0.6 is 34.5 Å². The van der Waals surface area contributed by atoms with Gasteiger partial charge in [0.2, 0.25) is 0 Å². The van der Waals surface area contributed by atoms with Crippen molar-refractivity contribution in [3.63, 3.8) is 0 Å². The van der Waals surface area contributed by atoms with Gasteiger partial charge < -0.3 is 15.5 Å². The summed E-state index contributed by atoms with van der Waals surface area (Å²) in [5.74, 6) is 1.24. The minimum absolute atomic E-state index is 0.148. The van der Waals surface area contributed by atoms with Crippen LogP contribution in [0, 0.1) is 5.92 Å². The molecule has 1 aliphatic rings. The molecule has 1 saturated carbocycles. The number of carbonyl (C=O) groups excluding carboxylic acids is 1. The normalized spacial score (nSPS) is 18.7. The first-order valence-corrected chi connectivity index (χ1v) is 12.0. The van der Waals surface area contributed by atoms with Crippen molar-refractivity contribution in [1.82, 2.24) is 10.3 Å². The number of carbonyl (C=O) groups is 1. The maximum absolute atomic E-state index is 12.3. The van der Waals surface area contributed by atoms with Crippen molar-refractivity contribution in [2.24, 2.45) is 5.92 Å². The standard InChI is InChI=1S/C23H26Cl2N4OS/c1-29(2)19-12-21(28-18-6-4-3-5-16(18)19)27-15-9-7-14(8-10-15)13-26-23(30)17-11-20(24)31-22(17)25/h3-6,11-12,14-15H,7-10,13H2,1-2H3,(H,26,30)(H,27,28). The number of nitrogens with one attached hydrogen (secondary N) is 2. The van der Waals surface area contributed by atoms with Crippen molar-refractivity contribution in [3.05, 3.63) is 50.6 Å². The molecule has 5 nitrogen and oxygen atoms in total. The highest BCUT2D eigenvalue weighted by atomic mass is 35.5. The van der Waals surface area contributed by atoms with Gasteiger partial charge in [0.05, 0.1) is 15.4 Å². The molecule has 0 radical (unpaired) electrons. The molecule has 0 saturated heterocycles. The van der Waals surface area contributed by atoms with Crippen LogP contribution in [0.25, 0.3) is 10.9 Å². The summed E-state index contributed by atoms with van der Waals surface area (Å²) in [6.07, 6.45) is 4.23. The average molecular weight is 477 g/mol. The van der Waals surface area contributed by atoms with Crippen LogP contribution in [0.5, 0.6) is 0 Å². The number of para-hydroxylation sites is 1. The molecule has 0 aliphatic heterocycles. The van der Waals surface area contributed by atoms with Gasteiger partial charge in [0.25, 0.3) is 5.91 Å². The fourth-order valence-electron chi connectivity index (χ4n) is 4.15. The smallest absolute Gasteiger partial charge is 0.253 e. The van der Waals surface area contributed by atoms with Crippen molar-refractivity contribution in [2.75, 3.05) is 30.9 Å². The lowest BCUT2D eigenvalue weighted by Gasteiger charge is -2.30. The van der Waals surface area contributed by atoms with Crippen LogP contribution in [0.3, 0.4) is 0 Å². The van der Waals surface area contributed by atoms with E-state index in [0.717, 1.165) is 48.1 Å². The van der Waals surface area contributed by atoms with Gasteiger partial charge in [-0.2, -0.15) is 0 Å². The summed E-state index contributed by atoms with van der Waals surface area (Å²) in [7, 11) is 4.12. The summed E-state index contributed by atoms with van der Waals surface area (Å²) in [5, 5.41) is 7.80. The number of pyridine rings is 1. The average Bonchev–Trinajstić information content (AvgIpc) is 3.10. The largest absolute Gasteiger partial charge is 0.377 e. The molecule has 1 fully saturated rings. The minimum atomic E-state index is -0.148. The van der Waals surface area contributed by atoms with Crippen LogP contribution < -0.4 is 15.5 Å². The third kappa shape index (κ3) is 5.25. The van der Waals surface area contributed by atoms with Crippen LogP contribution in [0.4, 0.5) is 11.5 Å². The number of nitrogens with zero attached hydrogens (tertiary/aromatic N) is 2. The third-order valence-electron chi connectivity index (χ3n) is 5.83. The van der Waals surface area contributed by atoms with Gasteiger partial charge >= 0.3 is 0 Å². The molecule has 2 N–H and O–H groups in total. The van der Waals surface area contributed by atoms with Gasteiger partial charge in [-0.15, -0.1) is 11.3 Å². The minimum Gasteiger partial charge on any atom is -0.377 e. The molecule has 164 valence electrons. The quantitative estimate of drug-likeness (QED) is 0.453. The predicted molar refractivity (Wildman–Crippen MR) is 132 cm³/mol. The fraction of sp³-hybridized carbons (Fsp3) is 0.391. The van der Waals surface area contributed by atoms with Crippen LogP contribution in [-0.4, -0.2) is 37.6 Å². The van der Waals surface area contributed by atoms with Gasteiger partial charge in [-0.3, -0.25) is 4.79 Å². The van der Waals surface area contributed by atoms with E-state index in [1.165, 1.54) is 11.3 Å². The molecule has 3 aromatic rings. The van der Waals surface area contributed by atoms with E-state index in [1.807, 2.05) is 12.1 Å². The molecule has 8 heteroatoms. The molecular weight excluding hydrogens is 451 g/mol. The predicted octanol–water partition coefficient (Wildman–Crippen LogP) is 6.07. The maximum Gasteiger partial charge on any atom is 0.253 e. The van der Waals surface area contributed by atoms with E-state index >= 15 is 0 Å². The van der Waals surface area contributed by atoms with E-state index in [4.69, 9.17) is 28.2 Å². The Bertz CT molecular complexity index is 1080. The van der Waals surface area contributed by atoms with Crippen LogP contribution in [0.2, 0.25) is 8.67 Å². The lowest BCUT2D eigenvalue weighted by atomic mass is 9.86. The first kappa shape index (κ1) is 22.2. The highest BCUT2D eigenvalue weighted by Gasteiger charge is 2.23. The Hall–Kier alpha value is -2.02. The van der Waals surface area contributed by atoms with Crippen molar-refractivity contribution >= 4 is 62.9 Å². The Labute approximate surface area is 196 Å². The monoisotopic (exact) mass is 476 g/mol. The summed E-state index contributed by atoms with van der Waals surface area (Å²) >= 11 is 13.2. The summed E-state index contributed by atoms with van der Waals surface area (Å²) < 4.78 is 0.969. The number of halogens is 2. The van der Waals surface area contributed by atoms with Crippen LogP contribution in [-0.2, 0) is 0 Å². The van der Waals surface area contributed by atoms with Gasteiger partial charge in [-0.1, -0.05) is 41.4 Å².